The van der Waals surface area contributed by atoms with Crippen molar-refractivity contribution in [2.75, 3.05) is 19.8 Å². The minimum Gasteiger partial charge on any atom is -0.394 e. The number of ether oxygens (including phenoxy) is 2. The third-order valence-corrected chi connectivity index (χ3v) is 4.10. The lowest BCUT2D eigenvalue weighted by atomic mass is 9.97. The summed E-state index contributed by atoms with van der Waals surface area (Å²) in [6.45, 7) is 2.45. The fourth-order valence-corrected chi connectivity index (χ4v) is 2.59. The predicted molar refractivity (Wildman–Crippen MR) is 89.9 cm³/mol. The summed E-state index contributed by atoms with van der Waals surface area (Å²) in [5, 5.41) is 42.8. The lowest BCUT2D eigenvalue weighted by Crippen LogP contribution is -2.63. The minimum atomic E-state index is -1.22. The Bertz CT molecular complexity index is 446. The molecule has 6 N–H and O–H groups in total. The zero-order chi connectivity index (χ0) is 19.7. The van der Waals surface area contributed by atoms with E-state index in [1.54, 1.807) is 6.92 Å². The molecular weight excluding hydrogens is 348 g/mol. The van der Waals surface area contributed by atoms with Crippen LogP contribution in [0.15, 0.2) is 0 Å². The smallest absolute Gasteiger partial charge is 0.220 e. The third-order valence-electron chi connectivity index (χ3n) is 4.10. The number of unbranched alkanes of at least 4 members (excludes halogenated alkanes) is 1. The molecule has 1 saturated heterocycles. The van der Waals surface area contributed by atoms with Gasteiger partial charge in [-0.25, -0.2) is 0 Å². The van der Waals surface area contributed by atoms with Crippen LogP contribution in [0.2, 0.25) is 0 Å². The molecule has 0 aliphatic carbocycles. The van der Waals surface area contributed by atoms with Crippen molar-refractivity contribution < 1.29 is 39.5 Å². The summed E-state index contributed by atoms with van der Waals surface area (Å²) in [7, 11) is 0. The zero-order valence-electron chi connectivity index (χ0n) is 15.1. The first kappa shape index (κ1) is 22.7. The van der Waals surface area contributed by atoms with Crippen LogP contribution in [0.25, 0.3) is 0 Å². The maximum Gasteiger partial charge on any atom is 0.220 e. The maximum atomic E-state index is 11.6. The van der Waals surface area contributed by atoms with Gasteiger partial charge in [0, 0.05) is 20.0 Å². The van der Waals surface area contributed by atoms with Crippen LogP contribution < -0.4 is 10.6 Å². The van der Waals surface area contributed by atoms with Crippen LogP contribution >= 0.6 is 0 Å². The average molecular weight is 378 g/mol. The summed E-state index contributed by atoms with van der Waals surface area (Å²) in [5.74, 6) is -0.665. The van der Waals surface area contributed by atoms with Gasteiger partial charge in [0.1, 0.15) is 18.2 Å². The van der Waals surface area contributed by atoms with Crippen molar-refractivity contribution >= 4 is 11.8 Å². The Hall–Kier alpha value is -1.30. The second kappa shape index (κ2) is 11.4. The largest absolute Gasteiger partial charge is 0.394 e. The molecule has 1 aliphatic heterocycles. The van der Waals surface area contributed by atoms with Crippen LogP contribution in [0.3, 0.4) is 0 Å². The monoisotopic (exact) mass is 378 g/mol. The molecule has 152 valence electrons. The summed E-state index contributed by atoms with van der Waals surface area (Å²) in [6, 6.07) is -1.56. The van der Waals surface area contributed by atoms with Gasteiger partial charge in [0.15, 0.2) is 6.29 Å². The van der Waals surface area contributed by atoms with Gasteiger partial charge in [0.2, 0.25) is 11.8 Å². The molecule has 0 saturated carbocycles. The molecular formula is C16H30N2O8. The molecule has 0 aromatic rings. The van der Waals surface area contributed by atoms with Crippen LogP contribution in [0, 0.1) is 0 Å². The van der Waals surface area contributed by atoms with Gasteiger partial charge in [0.05, 0.1) is 25.4 Å². The quantitative estimate of drug-likeness (QED) is 0.230. The van der Waals surface area contributed by atoms with Gasteiger partial charge in [-0.1, -0.05) is 0 Å². The molecule has 5 unspecified atom stereocenters. The van der Waals surface area contributed by atoms with E-state index in [4.69, 9.17) is 19.7 Å². The minimum absolute atomic E-state index is 0.207. The Balaban J connectivity index is 2.37. The number of carbonyl (C=O) groups is 2. The van der Waals surface area contributed by atoms with Gasteiger partial charge in [-0.3, -0.25) is 9.59 Å². The standard InChI is InChI=1S/C16H30N2O8/c1-9-14(23)15(24)13(17-10(2)21)16(26-9)25-6-4-3-5-12(22)18-11(7-19)8-20/h9,11,13-16,19-20,23-24H,3-8H2,1-2H3,(H,17,21)(H,18,22). The van der Waals surface area contributed by atoms with E-state index in [2.05, 4.69) is 10.6 Å². The van der Waals surface area contributed by atoms with Crippen molar-refractivity contribution in [1.29, 1.82) is 0 Å². The molecule has 5 atom stereocenters. The molecule has 26 heavy (non-hydrogen) atoms. The van der Waals surface area contributed by atoms with Crippen molar-refractivity contribution in [3.05, 3.63) is 0 Å². The Kier molecular flexibility index (Phi) is 9.99. The summed E-state index contributed by atoms with van der Waals surface area (Å²) >= 11 is 0. The van der Waals surface area contributed by atoms with Crippen LogP contribution in [0.4, 0.5) is 0 Å². The summed E-state index contributed by atoms with van der Waals surface area (Å²) in [4.78, 5) is 22.9. The van der Waals surface area contributed by atoms with Crippen molar-refractivity contribution in [2.24, 2.45) is 0 Å². The highest BCUT2D eigenvalue weighted by molar-refractivity contribution is 5.76. The van der Waals surface area contributed by atoms with Gasteiger partial charge >= 0.3 is 0 Å². The topological polar surface area (TPSA) is 158 Å². The first-order valence-corrected chi connectivity index (χ1v) is 8.71. The second-order valence-electron chi connectivity index (χ2n) is 6.37. The molecule has 0 radical (unpaired) electrons. The van der Waals surface area contributed by atoms with E-state index in [9.17, 15) is 19.8 Å². The van der Waals surface area contributed by atoms with Crippen molar-refractivity contribution in [3.8, 4) is 0 Å². The van der Waals surface area contributed by atoms with E-state index >= 15 is 0 Å². The van der Waals surface area contributed by atoms with Crippen molar-refractivity contribution in [3.63, 3.8) is 0 Å². The maximum absolute atomic E-state index is 11.6. The molecule has 10 heteroatoms. The molecule has 0 spiro atoms. The Morgan fingerprint density at radius 1 is 1.15 bits per heavy atom. The first-order chi connectivity index (χ1) is 12.3. The Labute approximate surface area is 152 Å². The molecule has 1 fully saturated rings. The van der Waals surface area contributed by atoms with Gasteiger partial charge in [-0.2, -0.15) is 0 Å². The Morgan fingerprint density at radius 2 is 1.81 bits per heavy atom. The number of hydrogen-bond acceptors (Lipinski definition) is 8. The normalized spacial score (nSPS) is 28.8. The number of nitrogens with one attached hydrogen (secondary N) is 2. The van der Waals surface area contributed by atoms with E-state index in [1.165, 1.54) is 6.92 Å². The molecule has 1 aliphatic rings. The molecule has 0 aromatic carbocycles. The number of hydrogen-bond donors (Lipinski definition) is 6. The predicted octanol–water partition coefficient (Wildman–Crippen LogP) is -2.39. The van der Waals surface area contributed by atoms with Gasteiger partial charge in [-0.15, -0.1) is 0 Å². The van der Waals surface area contributed by atoms with Crippen LogP contribution in [0.1, 0.15) is 33.1 Å². The second-order valence-corrected chi connectivity index (χ2v) is 6.37. The summed E-state index contributed by atoms with van der Waals surface area (Å²) in [5.41, 5.74) is 0. The molecule has 0 bridgehead atoms. The highest BCUT2D eigenvalue weighted by Gasteiger charge is 2.43. The van der Waals surface area contributed by atoms with Crippen molar-refractivity contribution in [1.82, 2.24) is 10.6 Å². The zero-order valence-corrected chi connectivity index (χ0v) is 15.1. The highest BCUT2D eigenvalue weighted by Crippen LogP contribution is 2.22. The molecule has 1 heterocycles. The van der Waals surface area contributed by atoms with E-state index in [0.717, 1.165) is 0 Å². The number of amides is 2. The Morgan fingerprint density at radius 3 is 2.38 bits per heavy atom. The molecule has 1 rings (SSSR count). The fourth-order valence-electron chi connectivity index (χ4n) is 2.59. The lowest BCUT2D eigenvalue weighted by molar-refractivity contribution is -0.260. The number of carbonyl (C=O) groups excluding carboxylic acids is 2. The van der Waals surface area contributed by atoms with Crippen LogP contribution in [0.5, 0.6) is 0 Å². The highest BCUT2D eigenvalue weighted by atomic mass is 16.7. The van der Waals surface area contributed by atoms with E-state index < -0.39 is 36.7 Å². The third kappa shape index (κ3) is 7.14. The van der Waals surface area contributed by atoms with Gasteiger partial charge < -0.3 is 40.5 Å². The van der Waals surface area contributed by atoms with Crippen molar-refractivity contribution in [2.45, 2.75) is 69.8 Å². The van der Waals surface area contributed by atoms with E-state index in [1.807, 2.05) is 0 Å². The molecule has 10 nitrogen and oxygen atoms in total. The van der Waals surface area contributed by atoms with Crippen LogP contribution in [-0.4, -0.2) is 88.7 Å². The summed E-state index contributed by atoms with van der Waals surface area (Å²) in [6.07, 6.45) is -2.68. The fraction of sp³-hybridized carbons (Fsp3) is 0.875. The van der Waals surface area contributed by atoms with Gasteiger partial charge in [0.25, 0.3) is 0 Å². The number of aliphatic hydroxyl groups is 4. The lowest BCUT2D eigenvalue weighted by Gasteiger charge is -2.41. The van der Waals surface area contributed by atoms with E-state index in [-0.39, 0.29) is 38.1 Å². The van der Waals surface area contributed by atoms with E-state index in [0.29, 0.717) is 12.8 Å². The number of rotatable bonds is 10. The van der Waals surface area contributed by atoms with Crippen LogP contribution in [-0.2, 0) is 19.1 Å². The average Bonchev–Trinajstić information content (AvgIpc) is 2.60. The SMILES string of the molecule is CC(=O)NC1C(OCCCCC(=O)NC(CO)CO)OC(C)C(O)C1O. The molecule has 0 aromatic heterocycles. The summed E-state index contributed by atoms with van der Waals surface area (Å²) < 4.78 is 11.1. The number of aliphatic hydroxyl groups excluding tert-OH is 4. The molecule has 2 amide bonds. The van der Waals surface area contributed by atoms with Gasteiger partial charge in [-0.05, 0) is 19.8 Å². The first-order valence-electron chi connectivity index (χ1n) is 8.71.